The predicted octanol–water partition coefficient (Wildman–Crippen LogP) is 1.37. The smallest absolute Gasteiger partial charge is 0.328 e. The van der Waals surface area contributed by atoms with E-state index in [9.17, 15) is 19.2 Å². The second kappa shape index (κ2) is 13.2. The number of unbranched alkanes of at least 4 members (excludes halogenated alkanes) is 4. The molecule has 0 aromatic rings. The highest BCUT2D eigenvalue weighted by atomic mass is 16.5. The van der Waals surface area contributed by atoms with Crippen LogP contribution in [0.3, 0.4) is 0 Å². The molecule has 25 heavy (non-hydrogen) atoms. The van der Waals surface area contributed by atoms with Crippen LogP contribution in [0.15, 0.2) is 0 Å². The molecule has 8 nitrogen and oxygen atoms in total. The fourth-order valence-electron chi connectivity index (χ4n) is 2.24. The molecule has 0 rings (SSSR count). The third-order valence-corrected chi connectivity index (χ3v) is 3.72. The Morgan fingerprint density at radius 1 is 1.00 bits per heavy atom. The van der Waals surface area contributed by atoms with Gasteiger partial charge in [0.2, 0.25) is 11.8 Å². The number of carbonyl (C=O) groups is 4. The monoisotopic (exact) mass is 358 g/mol. The van der Waals surface area contributed by atoms with Crippen LogP contribution in [0.25, 0.3) is 0 Å². The van der Waals surface area contributed by atoms with Crippen molar-refractivity contribution in [2.24, 2.45) is 0 Å². The second-order valence-electron chi connectivity index (χ2n) is 5.97. The molecule has 2 unspecified atom stereocenters. The molecule has 0 saturated carbocycles. The number of carbonyl (C=O) groups excluding carboxylic acids is 3. The van der Waals surface area contributed by atoms with Crippen LogP contribution >= 0.6 is 0 Å². The molecule has 0 saturated heterocycles. The number of hydrogen-bond acceptors (Lipinski definition) is 5. The van der Waals surface area contributed by atoms with Gasteiger partial charge in [0.15, 0.2) is 0 Å². The van der Waals surface area contributed by atoms with Gasteiger partial charge >= 0.3 is 11.9 Å². The van der Waals surface area contributed by atoms with Crippen molar-refractivity contribution in [3.8, 4) is 0 Å². The minimum absolute atomic E-state index is 0.0450. The van der Waals surface area contributed by atoms with Gasteiger partial charge in [-0.3, -0.25) is 14.4 Å². The van der Waals surface area contributed by atoms with Gasteiger partial charge in [-0.2, -0.15) is 0 Å². The van der Waals surface area contributed by atoms with E-state index in [0.29, 0.717) is 0 Å². The summed E-state index contributed by atoms with van der Waals surface area (Å²) in [7, 11) is 1.20. The topological polar surface area (TPSA) is 122 Å². The molecule has 8 heteroatoms. The number of aliphatic carboxylic acids is 1. The molecule has 0 aromatic carbocycles. The van der Waals surface area contributed by atoms with Gasteiger partial charge in [-0.05, 0) is 19.8 Å². The summed E-state index contributed by atoms with van der Waals surface area (Å²) in [6, 6.07) is -1.87. The Morgan fingerprint density at radius 3 is 2.20 bits per heavy atom. The first-order valence-corrected chi connectivity index (χ1v) is 8.71. The van der Waals surface area contributed by atoms with Crippen LogP contribution in [0.5, 0.6) is 0 Å². The van der Waals surface area contributed by atoms with Gasteiger partial charge < -0.3 is 20.5 Å². The highest BCUT2D eigenvalue weighted by molar-refractivity contribution is 5.90. The first-order chi connectivity index (χ1) is 11.8. The van der Waals surface area contributed by atoms with Crippen LogP contribution in [0.4, 0.5) is 0 Å². The molecular weight excluding hydrogens is 328 g/mol. The Bertz CT molecular complexity index is 452. The number of methoxy groups -OCH3 is 1. The quantitative estimate of drug-likeness (QED) is 0.338. The van der Waals surface area contributed by atoms with E-state index in [1.807, 2.05) is 0 Å². The maximum absolute atomic E-state index is 12.2. The van der Waals surface area contributed by atoms with Crippen LogP contribution < -0.4 is 10.6 Å². The summed E-state index contributed by atoms with van der Waals surface area (Å²) in [5.41, 5.74) is 0. The Labute approximate surface area is 148 Å². The predicted molar refractivity (Wildman–Crippen MR) is 91.8 cm³/mol. The molecule has 2 atom stereocenters. The Kier molecular flexibility index (Phi) is 12.1. The summed E-state index contributed by atoms with van der Waals surface area (Å²) >= 11 is 0. The maximum Gasteiger partial charge on any atom is 0.328 e. The Morgan fingerprint density at radius 2 is 1.64 bits per heavy atom. The second-order valence-corrected chi connectivity index (χ2v) is 5.97. The van der Waals surface area contributed by atoms with Crippen LogP contribution in [0.1, 0.15) is 65.2 Å². The highest BCUT2D eigenvalue weighted by Gasteiger charge is 2.25. The average Bonchev–Trinajstić information content (AvgIpc) is 2.57. The van der Waals surface area contributed by atoms with Crippen molar-refractivity contribution >= 4 is 23.8 Å². The van der Waals surface area contributed by atoms with Gasteiger partial charge in [-0.15, -0.1) is 0 Å². The normalized spacial score (nSPS) is 12.8. The molecule has 3 N–H and O–H groups in total. The minimum atomic E-state index is -1.06. The lowest BCUT2D eigenvalue weighted by Crippen LogP contribution is -2.51. The standard InChI is InChI=1S/C17H30N2O6/c1-4-5-6-7-8-9-14(20)19-13(10-11-15(21)22)16(23)18-12(2)17(24)25-3/h12-13H,4-11H2,1-3H3,(H,18,23)(H,19,20)(H,21,22). The van der Waals surface area contributed by atoms with Crippen LogP contribution in [-0.2, 0) is 23.9 Å². The van der Waals surface area contributed by atoms with E-state index in [4.69, 9.17) is 5.11 Å². The van der Waals surface area contributed by atoms with Gasteiger partial charge in [-0.25, -0.2) is 4.79 Å². The van der Waals surface area contributed by atoms with Crippen molar-refractivity contribution in [3.05, 3.63) is 0 Å². The van der Waals surface area contributed by atoms with E-state index in [1.54, 1.807) is 0 Å². The van der Waals surface area contributed by atoms with Gasteiger partial charge in [0.1, 0.15) is 12.1 Å². The van der Waals surface area contributed by atoms with E-state index in [2.05, 4.69) is 22.3 Å². The number of ether oxygens (including phenoxy) is 1. The summed E-state index contributed by atoms with van der Waals surface area (Å²) in [6.07, 6.45) is 4.93. The number of rotatable bonds is 13. The number of nitrogens with one attached hydrogen (secondary N) is 2. The fourth-order valence-corrected chi connectivity index (χ4v) is 2.24. The first-order valence-electron chi connectivity index (χ1n) is 8.71. The van der Waals surface area contributed by atoms with E-state index < -0.39 is 29.9 Å². The molecule has 0 aliphatic rings. The zero-order valence-corrected chi connectivity index (χ0v) is 15.3. The van der Waals surface area contributed by atoms with Crippen LogP contribution in [0, 0.1) is 0 Å². The fraction of sp³-hybridized carbons (Fsp3) is 0.765. The number of carboxylic acid groups (broad SMARTS) is 1. The van der Waals surface area contributed by atoms with Crippen LogP contribution in [-0.4, -0.2) is 48.1 Å². The first kappa shape index (κ1) is 22.9. The summed E-state index contributed by atoms with van der Waals surface area (Å²) in [5.74, 6) is -2.58. The molecule has 144 valence electrons. The molecule has 0 fully saturated rings. The lowest BCUT2D eigenvalue weighted by Gasteiger charge is -2.20. The molecule has 2 amide bonds. The van der Waals surface area contributed by atoms with Crippen molar-refractivity contribution < 1.29 is 29.0 Å². The summed E-state index contributed by atoms with van der Waals surface area (Å²) in [6.45, 7) is 3.56. The van der Waals surface area contributed by atoms with E-state index in [0.717, 1.165) is 32.1 Å². The van der Waals surface area contributed by atoms with Gasteiger partial charge in [0.05, 0.1) is 7.11 Å². The van der Waals surface area contributed by atoms with E-state index >= 15 is 0 Å². The Balaban J connectivity index is 4.54. The number of hydrogen-bond donors (Lipinski definition) is 3. The SMILES string of the molecule is CCCCCCCC(=O)NC(CCC(=O)O)C(=O)NC(C)C(=O)OC. The number of esters is 1. The van der Waals surface area contributed by atoms with E-state index in [-0.39, 0.29) is 25.2 Å². The van der Waals surface area contributed by atoms with E-state index in [1.165, 1.54) is 14.0 Å². The third-order valence-electron chi connectivity index (χ3n) is 3.72. The Hall–Kier alpha value is -2.12. The zero-order chi connectivity index (χ0) is 19.2. The lowest BCUT2D eigenvalue weighted by atomic mass is 10.1. The average molecular weight is 358 g/mol. The van der Waals surface area contributed by atoms with Gasteiger partial charge in [0.25, 0.3) is 0 Å². The molecular formula is C17H30N2O6. The number of carboxylic acids is 1. The molecule has 0 bridgehead atoms. The third kappa shape index (κ3) is 11.1. The van der Waals surface area contributed by atoms with Crippen LogP contribution in [0.2, 0.25) is 0 Å². The molecule has 0 aromatic heterocycles. The van der Waals surface area contributed by atoms with Gasteiger partial charge in [-0.1, -0.05) is 32.6 Å². The summed E-state index contributed by atoms with van der Waals surface area (Å²) in [5, 5.41) is 13.8. The zero-order valence-electron chi connectivity index (χ0n) is 15.3. The summed E-state index contributed by atoms with van der Waals surface area (Å²) in [4.78, 5) is 46.3. The summed E-state index contributed by atoms with van der Waals surface area (Å²) < 4.78 is 4.52. The molecule has 0 aliphatic heterocycles. The van der Waals surface area contributed by atoms with Crippen molar-refractivity contribution in [1.82, 2.24) is 10.6 Å². The van der Waals surface area contributed by atoms with Crippen molar-refractivity contribution in [1.29, 1.82) is 0 Å². The van der Waals surface area contributed by atoms with Crippen molar-refractivity contribution in [2.45, 2.75) is 77.3 Å². The van der Waals surface area contributed by atoms with Crippen molar-refractivity contribution in [2.75, 3.05) is 7.11 Å². The molecule has 0 radical (unpaired) electrons. The lowest BCUT2D eigenvalue weighted by molar-refractivity contribution is -0.145. The minimum Gasteiger partial charge on any atom is -0.481 e. The molecule has 0 heterocycles. The largest absolute Gasteiger partial charge is 0.481 e. The maximum atomic E-state index is 12.2. The molecule has 0 aliphatic carbocycles. The number of amides is 2. The molecule has 0 spiro atoms. The highest BCUT2D eigenvalue weighted by Crippen LogP contribution is 2.06. The van der Waals surface area contributed by atoms with Crippen molar-refractivity contribution in [3.63, 3.8) is 0 Å². The van der Waals surface area contributed by atoms with Gasteiger partial charge in [0, 0.05) is 12.8 Å².